The summed E-state index contributed by atoms with van der Waals surface area (Å²) in [6, 6.07) is 21.4. The normalized spacial score (nSPS) is 11.9. The number of carbonyl (C=O) groups excluding carboxylic acids is 2. The summed E-state index contributed by atoms with van der Waals surface area (Å²) in [5.74, 6) is -0.779. The first-order chi connectivity index (χ1) is 19.7. The SMILES string of the molecule is CCNC(=O)[C@H](Cc1ccccc1)N(Cc1ccccc1F)C(=O)CCCN(c1ccccc1OCC)S(C)(=O)=O. The van der Waals surface area contributed by atoms with Crippen LogP contribution in [-0.4, -0.2) is 57.1 Å². The summed E-state index contributed by atoms with van der Waals surface area (Å²) in [4.78, 5) is 28.4. The summed E-state index contributed by atoms with van der Waals surface area (Å²) in [7, 11) is -3.69. The minimum atomic E-state index is -3.69. The van der Waals surface area contributed by atoms with Crippen molar-refractivity contribution < 1.29 is 27.1 Å². The predicted molar refractivity (Wildman–Crippen MR) is 159 cm³/mol. The van der Waals surface area contributed by atoms with Gasteiger partial charge in [0.25, 0.3) is 0 Å². The van der Waals surface area contributed by atoms with Gasteiger partial charge in [-0.05, 0) is 44.0 Å². The van der Waals surface area contributed by atoms with Crippen LogP contribution in [0.25, 0.3) is 0 Å². The van der Waals surface area contributed by atoms with E-state index in [2.05, 4.69) is 5.32 Å². The van der Waals surface area contributed by atoms with E-state index in [1.165, 1.54) is 15.3 Å². The van der Waals surface area contributed by atoms with Crippen LogP contribution in [0.2, 0.25) is 0 Å². The van der Waals surface area contributed by atoms with E-state index in [0.717, 1.165) is 11.8 Å². The van der Waals surface area contributed by atoms with Gasteiger partial charge < -0.3 is 15.0 Å². The number of hydrogen-bond donors (Lipinski definition) is 1. The number of ether oxygens (including phenoxy) is 1. The smallest absolute Gasteiger partial charge is 0.243 e. The van der Waals surface area contributed by atoms with E-state index in [1.54, 1.807) is 49.4 Å². The molecule has 0 aliphatic carbocycles. The van der Waals surface area contributed by atoms with Crippen molar-refractivity contribution in [2.45, 2.75) is 45.7 Å². The molecule has 3 rings (SSSR count). The predicted octanol–water partition coefficient (Wildman–Crippen LogP) is 4.55. The zero-order valence-electron chi connectivity index (χ0n) is 23.8. The van der Waals surface area contributed by atoms with Crippen molar-refractivity contribution in [2.24, 2.45) is 0 Å². The van der Waals surface area contributed by atoms with Crippen LogP contribution in [0.1, 0.15) is 37.8 Å². The lowest BCUT2D eigenvalue weighted by atomic mass is 10.0. The molecule has 3 aromatic rings. The van der Waals surface area contributed by atoms with Gasteiger partial charge in [0, 0.05) is 38.0 Å². The number of rotatable bonds is 15. The fourth-order valence-electron chi connectivity index (χ4n) is 4.58. The van der Waals surface area contributed by atoms with Gasteiger partial charge in [-0.1, -0.05) is 60.7 Å². The number of para-hydroxylation sites is 2. The Morgan fingerprint density at radius 3 is 2.27 bits per heavy atom. The van der Waals surface area contributed by atoms with E-state index >= 15 is 0 Å². The molecule has 0 aliphatic heterocycles. The summed E-state index contributed by atoms with van der Waals surface area (Å²) >= 11 is 0. The van der Waals surface area contributed by atoms with E-state index in [4.69, 9.17) is 4.74 Å². The van der Waals surface area contributed by atoms with Gasteiger partial charge in [-0.2, -0.15) is 0 Å². The number of nitrogens with zero attached hydrogens (tertiary/aromatic N) is 2. The molecule has 0 saturated heterocycles. The minimum Gasteiger partial charge on any atom is -0.492 e. The number of nitrogens with one attached hydrogen (secondary N) is 1. The van der Waals surface area contributed by atoms with Gasteiger partial charge in [-0.3, -0.25) is 13.9 Å². The number of likely N-dealkylation sites (N-methyl/N-ethyl adjacent to an activating group) is 1. The number of sulfonamides is 1. The standard InChI is InChI=1S/C31H38FN3O5S/c1-4-33-31(37)28(22-24-14-7-6-8-15-24)34(23-25-16-9-10-17-26(25)32)30(36)20-13-21-35(41(3,38)39)27-18-11-12-19-29(27)40-5-2/h6-12,14-19,28H,4-5,13,20-23H2,1-3H3,(H,33,37)/t28-/m0/s1. The molecule has 8 nitrogen and oxygen atoms in total. The summed E-state index contributed by atoms with van der Waals surface area (Å²) in [5, 5.41) is 2.81. The summed E-state index contributed by atoms with van der Waals surface area (Å²) in [6.07, 6.45) is 1.46. The van der Waals surface area contributed by atoms with E-state index in [1.807, 2.05) is 37.3 Å². The maximum atomic E-state index is 14.7. The van der Waals surface area contributed by atoms with Crippen LogP contribution < -0.4 is 14.4 Å². The summed E-state index contributed by atoms with van der Waals surface area (Å²) in [5.41, 5.74) is 1.52. The Bertz CT molecular complexity index is 1400. The molecule has 41 heavy (non-hydrogen) atoms. The fraction of sp³-hybridized carbons (Fsp3) is 0.355. The first-order valence-corrected chi connectivity index (χ1v) is 15.5. The molecular formula is C31H38FN3O5S. The monoisotopic (exact) mass is 583 g/mol. The molecule has 0 radical (unpaired) electrons. The number of hydrogen-bond acceptors (Lipinski definition) is 5. The number of benzene rings is 3. The van der Waals surface area contributed by atoms with Gasteiger partial charge >= 0.3 is 0 Å². The molecule has 0 saturated carbocycles. The first kappa shape index (κ1) is 31.6. The lowest BCUT2D eigenvalue weighted by Crippen LogP contribution is -2.50. The third-order valence-corrected chi connectivity index (χ3v) is 7.69. The molecule has 2 amide bonds. The Labute approximate surface area is 242 Å². The van der Waals surface area contributed by atoms with Crippen LogP contribution in [0.15, 0.2) is 78.9 Å². The minimum absolute atomic E-state index is 0.0205. The quantitative estimate of drug-likeness (QED) is 0.283. The van der Waals surface area contributed by atoms with Crippen molar-refractivity contribution in [3.8, 4) is 5.75 Å². The molecule has 0 heterocycles. The second-order valence-electron chi connectivity index (χ2n) is 9.55. The van der Waals surface area contributed by atoms with E-state index in [0.29, 0.717) is 24.6 Å². The van der Waals surface area contributed by atoms with Gasteiger partial charge in [0.15, 0.2) is 0 Å². The van der Waals surface area contributed by atoms with Gasteiger partial charge in [0.1, 0.15) is 17.6 Å². The molecule has 220 valence electrons. The van der Waals surface area contributed by atoms with Gasteiger partial charge in [-0.25, -0.2) is 12.8 Å². The molecule has 0 unspecified atom stereocenters. The van der Waals surface area contributed by atoms with Crippen molar-refractivity contribution in [3.05, 3.63) is 95.8 Å². The Balaban J connectivity index is 1.88. The van der Waals surface area contributed by atoms with Crippen LogP contribution in [-0.2, 0) is 32.6 Å². The number of anilines is 1. The van der Waals surface area contributed by atoms with E-state index in [-0.39, 0.29) is 49.7 Å². The third-order valence-electron chi connectivity index (χ3n) is 6.51. The highest BCUT2D eigenvalue weighted by molar-refractivity contribution is 7.92. The lowest BCUT2D eigenvalue weighted by molar-refractivity contribution is -0.141. The second kappa shape index (κ2) is 15.2. The first-order valence-electron chi connectivity index (χ1n) is 13.7. The van der Waals surface area contributed by atoms with Crippen LogP contribution in [0, 0.1) is 5.82 Å². The van der Waals surface area contributed by atoms with Gasteiger partial charge in [0.05, 0.1) is 18.6 Å². The molecule has 10 heteroatoms. The molecular weight excluding hydrogens is 545 g/mol. The van der Waals surface area contributed by atoms with Crippen LogP contribution in [0.4, 0.5) is 10.1 Å². The topological polar surface area (TPSA) is 96.0 Å². The van der Waals surface area contributed by atoms with Gasteiger partial charge in [-0.15, -0.1) is 0 Å². The van der Waals surface area contributed by atoms with Crippen molar-refractivity contribution in [2.75, 3.05) is 30.3 Å². The summed E-state index contributed by atoms with van der Waals surface area (Å²) in [6.45, 7) is 4.25. The molecule has 1 atom stereocenters. The number of carbonyl (C=O) groups is 2. The third kappa shape index (κ3) is 9.04. The van der Waals surface area contributed by atoms with Crippen LogP contribution >= 0.6 is 0 Å². The molecule has 1 N–H and O–H groups in total. The number of halogens is 1. The molecule has 0 fully saturated rings. The van der Waals surface area contributed by atoms with Crippen molar-refractivity contribution >= 4 is 27.5 Å². The Kier molecular flexibility index (Phi) is 11.7. The van der Waals surface area contributed by atoms with Crippen LogP contribution in [0.3, 0.4) is 0 Å². The fourth-order valence-corrected chi connectivity index (χ4v) is 5.55. The Morgan fingerprint density at radius 2 is 1.61 bits per heavy atom. The van der Waals surface area contributed by atoms with Crippen LogP contribution in [0.5, 0.6) is 5.75 Å². The highest BCUT2D eigenvalue weighted by Crippen LogP contribution is 2.30. The average molecular weight is 584 g/mol. The van der Waals surface area contributed by atoms with Gasteiger partial charge in [0.2, 0.25) is 21.8 Å². The maximum Gasteiger partial charge on any atom is 0.243 e. The second-order valence-corrected chi connectivity index (χ2v) is 11.5. The maximum absolute atomic E-state index is 14.7. The van der Waals surface area contributed by atoms with E-state index in [9.17, 15) is 22.4 Å². The highest BCUT2D eigenvalue weighted by Gasteiger charge is 2.31. The highest BCUT2D eigenvalue weighted by atomic mass is 32.2. The zero-order chi connectivity index (χ0) is 29.8. The molecule has 0 bridgehead atoms. The lowest BCUT2D eigenvalue weighted by Gasteiger charge is -2.32. The number of amides is 2. The largest absolute Gasteiger partial charge is 0.492 e. The zero-order valence-corrected chi connectivity index (χ0v) is 24.6. The molecule has 0 aliphatic rings. The average Bonchev–Trinajstić information content (AvgIpc) is 2.94. The Hall–Kier alpha value is -3.92. The molecule has 0 spiro atoms. The van der Waals surface area contributed by atoms with Crippen molar-refractivity contribution in [1.29, 1.82) is 0 Å². The molecule has 0 aromatic heterocycles. The summed E-state index contributed by atoms with van der Waals surface area (Å²) < 4.78 is 47.0. The molecule has 3 aromatic carbocycles. The van der Waals surface area contributed by atoms with E-state index < -0.39 is 21.9 Å². The van der Waals surface area contributed by atoms with Crippen molar-refractivity contribution in [1.82, 2.24) is 10.2 Å². The van der Waals surface area contributed by atoms with Crippen molar-refractivity contribution in [3.63, 3.8) is 0 Å². The Morgan fingerprint density at radius 1 is 0.951 bits per heavy atom.